The molecule has 2 rings (SSSR count). The number of halogens is 2. The van der Waals surface area contributed by atoms with Crippen molar-refractivity contribution in [2.24, 2.45) is 0 Å². The minimum atomic E-state index is -1.13. The highest BCUT2D eigenvalue weighted by molar-refractivity contribution is 9.10. The number of hydrogen-bond donors (Lipinski definition) is 2. The van der Waals surface area contributed by atoms with E-state index in [0.29, 0.717) is 4.47 Å². The average Bonchev–Trinajstić information content (AvgIpc) is 2.95. The molecule has 1 aromatic carbocycles. The summed E-state index contributed by atoms with van der Waals surface area (Å²) in [6, 6.07) is 5.13. The van der Waals surface area contributed by atoms with Crippen LogP contribution in [-0.4, -0.2) is 27.9 Å². The molecule has 2 aromatic rings. The number of nitrogens with one attached hydrogen (secondary N) is 2. The number of benzene rings is 1. The molecule has 0 saturated heterocycles. The van der Waals surface area contributed by atoms with Crippen molar-refractivity contribution in [3.63, 3.8) is 0 Å². The third-order valence-corrected chi connectivity index (χ3v) is 3.73. The fourth-order valence-electron chi connectivity index (χ4n) is 1.72. The third-order valence-electron chi connectivity index (χ3n) is 2.94. The van der Waals surface area contributed by atoms with E-state index in [9.17, 15) is 19.7 Å². The topological polar surface area (TPSA) is 114 Å². The Hall–Kier alpha value is -2.39. The summed E-state index contributed by atoms with van der Waals surface area (Å²) in [6.07, 6.45) is 0.416. The Labute approximate surface area is 149 Å². The summed E-state index contributed by atoms with van der Waals surface area (Å²) >= 11 is 9.08. The molecule has 0 unspecified atom stereocenters. The van der Waals surface area contributed by atoms with Crippen LogP contribution in [0, 0.1) is 10.1 Å². The van der Waals surface area contributed by atoms with Gasteiger partial charge in [0.2, 0.25) is 0 Å². The molecule has 0 saturated carbocycles. The summed E-state index contributed by atoms with van der Waals surface area (Å²) in [6.45, 7) is 1.37. The lowest BCUT2D eigenvalue weighted by Gasteiger charge is -2.13. The molecule has 0 bridgehead atoms. The Bertz CT molecular complexity index is 807. The molecule has 10 heteroatoms. The van der Waals surface area contributed by atoms with Crippen molar-refractivity contribution in [3.8, 4) is 0 Å². The SMILES string of the molecule is C[C@H](OC(=O)c1cc(Br)c[nH]1)C(=O)Nc1cc([N+](=O)[O-])ccc1Cl. The van der Waals surface area contributed by atoms with Crippen molar-refractivity contribution < 1.29 is 19.2 Å². The second-order valence-corrected chi connectivity index (χ2v) is 6.01. The van der Waals surface area contributed by atoms with Gasteiger partial charge in [0.25, 0.3) is 11.6 Å². The number of nitro groups is 1. The van der Waals surface area contributed by atoms with E-state index < -0.39 is 22.9 Å². The molecule has 0 spiro atoms. The monoisotopic (exact) mass is 415 g/mol. The largest absolute Gasteiger partial charge is 0.448 e. The van der Waals surface area contributed by atoms with Crippen LogP contribution in [0.2, 0.25) is 5.02 Å². The molecule has 0 fully saturated rings. The van der Waals surface area contributed by atoms with Gasteiger partial charge < -0.3 is 15.0 Å². The molecule has 1 aromatic heterocycles. The molecule has 126 valence electrons. The number of nitrogens with zero attached hydrogens (tertiary/aromatic N) is 1. The number of ether oxygens (including phenoxy) is 1. The van der Waals surface area contributed by atoms with Gasteiger partial charge in [0.15, 0.2) is 6.10 Å². The second kappa shape index (κ2) is 7.45. The summed E-state index contributed by atoms with van der Waals surface area (Å²) in [7, 11) is 0. The first-order chi connectivity index (χ1) is 11.3. The summed E-state index contributed by atoms with van der Waals surface area (Å²) in [5.74, 6) is -1.38. The lowest BCUT2D eigenvalue weighted by Crippen LogP contribution is -2.30. The first-order valence-corrected chi connectivity index (χ1v) is 7.74. The number of aromatic amines is 1. The van der Waals surface area contributed by atoms with Crippen molar-refractivity contribution >= 4 is 50.8 Å². The van der Waals surface area contributed by atoms with Gasteiger partial charge in [0.1, 0.15) is 5.69 Å². The number of esters is 1. The van der Waals surface area contributed by atoms with Crippen molar-refractivity contribution in [2.45, 2.75) is 13.0 Å². The van der Waals surface area contributed by atoms with Gasteiger partial charge in [-0.2, -0.15) is 0 Å². The summed E-state index contributed by atoms with van der Waals surface area (Å²) < 4.78 is 5.68. The van der Waals surface area contributed by atoms with Crippen LogP contribution in [0.25, 0.3) is 0 Å². The van der Waals surface area contributed by atoms with E-state index in [2.05, 4.69) is 26.2 Å². The first-order valence-electron chi connectivity index (χ1n) is 6.57. The lowest BCUT2D eigenvalue weighted by atomic mass is 10.2. The second-order valence-electron chi connectivity index (χ2n) is 4.69. The van der Waals surface area contributed by atoms with Gasteiger partial charge in [-0.3, -0.25) is 14.9 Å². The van der Waals surface area contributed by atoms with Gasteiger partial charge in [0.05, 0.1) is 15.6 Å². The molecule has 1 amide bonds. The van der Waals surface area contributed by atoms with E-state index in [-0.39, 0.29) is 22.1 Å². The zero-order chi connectivity index (χ0) is 17.9. The van der Waals surface area contributed by atoms with Crippen LogP contribution < -0.4 is 5.32 Å². The molecular weight excluding hydrogens is 406 g/mol. The highest BCUT2D eigenvalue weighted by Crippen LogP contribution is 2.27. The van der Waals surface area contributed by atoms with Crippen LogP contribution in [-0.2, 0) is 9.53 Å². The highest BCUT2D eigenvalue weighted by atomic mass is 79.9. The van der Waals surface area contributed by atoms with E-state index in [1.165, 1.54) is 25.1 Å². The van der Waals surface area contributed by atoms with Crippen molar-refractivity contribution in [1.82, 2.24) is 4.98 Å². The van der Waals surface area contributed by atoms with Crippen molar-refractivity contribution in [3.05, 3.63) is 55.8 Å². The van der Waals surface area contributed by atoms with Crippen LogP contribution in [0.5, 0.6) is 0 Å². The molecule has 1 atom stereocenters. The number of H-pyrrole nitrogens is 1. The fraction of sp³-hybridized carbons (Fsp3) is 0.143. The number of carbonyl (C=O) groups is 2. The Balaban J connectivity index is 2.05. The maximum absolute atomic E-state index is 12.1. The van der Waals surface area contributed by atoms with Crippen LogP contribution in [0.3, 0.4) is 0 Å². The number of aromatic nitrogens is 1. The third kappa shape index (κ3) is 4.33. The molecule has 0 aliphatic heterocycles. The summed E-state index contributed by atoms with van der Waals surface area (Å²) in [5.41, 5.74) is 0.00636. The van der Waals surface area contributed by atoms with Crippen LogP contribution in [0.4, 0.5) is 11.4 Å². The average molecular weight is 417 g/mol. The van der Waals surface area contributed by atoms with Crippen LogP contribution in [0.15, 0.2) is 34.9 Å². The maximum Gasteiger partial charge on any atom is 0.355 e. The molecule has 0 aliphatic carbocycles. The van der Waals surface area contributed by atoms with Crippen LogP contribution >= 0.6 is 27.5 Å². The predicted octanol–water partition coefficient (Wildman–Crippen LogP) is 3.52. The standard InChI is InChI=1S/C14H11BrClN3O5/c1-7(24-14(21)12-4-8(15)6-17-12)13(20)18-11-5-9(19(22)23)2-3-10(11)16/h2-7,17H,1H3,(H,18,20)/t7-/m0/s1. The van der Waals surface area contributed by atoms with Gasteiger partial charge in [-0.25, -0.2) is 4.79 Å². The number of non-ortho nitro benzene ring substituents is 1. The van der Waals surface area contributed by atoms with Crippen molar-refractivity contribution in [2.75, 3.05) is 5.32 Å². The molecule has 24 heavy (non-hydrogen) atoms. The Morgan fingerprint density at radius 3 is 2.71 bits per heavy atom. The summed E-state index contributed by atoms with van der Waals surface area (Å²) in [4.78, 5) is 36.8. The maximum atomic E-state index is 12.1. The normalized spacial score (nSPS) is 11.6. The van der Waals surface area contributed by atoms with E-state index in [1.807, 2.05) is 0 Å². The van der Waals surface area contributed by atoms with E-state index >= 15 is 0 Å². The zero-order valence-electron chi connectivity index (χ0n) is 12.2. The number of rotatable bonds is 5. The van der Waals surface area contributed by atoms with Gasteiger partial charge in [-0.1, -0.05) is 11.6 Å². The van der Waals surface area contributed by atoms with Gasteiger partial charge in [-0.15, -0.1) is 0 Å². The Morgan fingerprint density at radius 1 is 1.42 bits per heavy atom. The molecular formula is C14H11BrClN3O5. The number of carbonyl (C=O) groups excluding carboxylic acids is 2. The Morgan fingerprint density at radius 2 is 2.12 bits per heavy atom. The number of nitro benzene ring substituents is 1. The van der Waals surface area contributed by atoms with E-state index in [0.717, 1.165) is 6.07 Å². The molecule has 2 N–H and O–H groups in total. The molecule has 8 nitrogen and oxygen atoms in total. The fourth-order valence-corrected chi connectivity index (χ4v) is 2.23. The Kier molecular flexibility index (Phi) is 5.58. The minimum absolute atomic E-state index is 0.0568. The van der Waals surface area contributed by atoms with E-state index in [4.69, 9.17) is 16.3 Å². The lowest BCUT2D eigenvalue weighted by molar-refractivity contribution is -0.384. The quantitative estimate of drug-likeness (QED) is 0.440. The van der Waals surface area contributed by atoms with E-state index in [1.54, 1.807) is 6.20 Å². The number of amides is 1. The zero-order valence-corrected chi connectivity index (χ0v) is 14.6. The predicted molar refractivity (Wildman–Crippen MR) is 90.1 cm³/mol. The van der Waals surface area contributed by atoms with Gasteiger partial charge in [0, 0.05) is 22.8 Å². The summed E-state index contributed by atoms with van der Waals surface area (Å²) in [5, 5.41) is 13.3. The molecule has 1 heterocycles. The highest BCUT2D eigenvalue weighted by Gasteiger charge is 2.21. The van der Waals surface area contributed by atoms with Gasteiger partial charge >= 0.3 is 5.97 Å². The molecule has 0 aliphatic rings. The van der Waals surface area contributed by atoms with Crippen molar-refractivity contribution in [1.29, 1.82) is 0 Å². The minimum Gasteiger partial charge on any atom is -0.448 e. The van der Waals surface area contributed by atoms with Gasteiger partial charge in [-0.05, 0) is 35.0 Å². The molecule has 0 radical (unpaired) electrons. The first kappa shape index (κ1) is 18.0. The number of hydrogen-bond acceptors (Lipinski definition) is 5. The number of anilines is 1. The van der Waals surface area contributed by atoms with Crippen LogP contribution in [0.1, 0.15) is 17.4 Å². The smallest absolute Gasteiger partial charge is 0.355 e.